The molecular weight excluding hydrogens is 416 g/mol. The Morgan fingerprint density at radius 1 is 1.27 bits per heavy atom. The van der Waals surface area contributed by atoms with Gasteiger partial charge in [0.15, 0.2) is 0 Å². The Bertz CT molecular complexity index is 1410. The van der Waals surface area contributed by atoms with Crippen molar-refractivity contribution in [3.05, 3.63) is 64.5 Å². The quantitative estimate of drug-likeness (QED) is 0.449. The highest BCUT2D eigenvalue weighted by atomic mass is 16.1. The molecule has 0 saturated heterocycles. The summed E-state index contributed by atoms with van der Waals surface area (Å²) in [6.45, 7) is 4.58. The molecule has 0 saturated carbocycles. The van der Waals surface area contributed by atoms with Gasteiger partial charge in [0, 0.05) is 38.1 Å². The van der Waals surface area contributed by atoms with Crippen molar-refractivity contribution in [2.45, 2.75) is 32.9 Å². The zero-order valence-electron chi connectivity index (χ0n) is 19.1. The van der Waals surface area contributed by atoms with Gasteiger partial charge in [-0.25, -0.2) is 4.98 Å². The maximum atomic E-state index is 13.7. The minimum absolute atomic E-state index is 0.0449. The van der Waals surface area contributed by atoms with Gasteiger partial charge in [0.1, 0.15) is 17.5 Å². The van der Waals surface area contributed by atoms with E-state index < -0.39 is 0 Å². The second-order valence-electron chi connectivity index (χ2n) is 7.88. The molecular formula is C24H26N8O. The third kappa shape index (κ3) is 4.15. The SMILES string of the molecule is CCCn1c(C(C)Nc2nc(NC)ncc2C#N)cc2cccc(-c3cnn(C)c3)c2c1=O. The Kier molecular flexibility index (Phi) is 6.09. The monoisotopic (exact) mass is 442 g/mol. The van der Waals surface area contributed by atoms with Gasteiger partial charge >= 0.3 is 0 Å². The molecule has 4 aromatic rings. The Labute approximate surface area is 191 Å². The van der Waals surface area contributed by atoms with Crippen molar-refractivity contribution in [1.82, 2.24) is 24.3 Å². The molecule has 1 unspecified atom stereocenters. The number of nitrogens with one attached hydrogen (secondary N) is 2. The average Bonchev–Trinajstić information content (AvgIpc) is 3.26. The lowest BCUT2D eigenvalue weighted by molar-refractivity contribution is 0.604. The smallest absolute Gasteiger partial charge is 0.259 e. The van der Waals surface area contributed by atoms with Crippen molar-refractivity contribution in [2.24, 2.45) is 7.05 Å². The van der Waals surface area contributed by atoms with E-state index in [4.69, 9.17) is 0 Å². The zero-order chi connectivity index (χ0) is 23.5. The minimum Gasteiger partial charge on any atom is -0.361 e. The molecule has 1 atom stereocenters. The van der Waals surface area contributed by atoms with Crippen LogP contribution in [-0.4, -0.2) is 31.4 Å². The first-order valence-corrected chi connectivity index (χ1v) is 10.8. The zero-order valence-corrected chi connectivity index (χ0v) is 19.1. The number of nitriles is 1. The Morgan fingerprint density at radius 3 is 2.76 bits per heavy atom. The standard InChI is InChI=1S/C24H26N8O/c1-5-9-32-20(15(2)29-22-17(11-25)12-27-24(26-3)30-22)10-16-7-6-8-19(21(16)23(32)33)18-13-28-31(4)14-18/h6-8,10,12-15H,5,9H2,1-4H3,(H2,26,27,29,30). The number of hydrogen-bond acceptors (Lipinski definition) is 7. The number of aromatic nitrogens is 5. The molecule has 0 amide bonds. The molecule has 3 heterocycles. The maximum absolute atomic E-state index is 13.7. The Hall–Kier alpha value is -4.19. The van der Waals surface area contributed by atoms with Crippen LogP contribution in [0.4, 0.5) is 11.8 Å². The number of anilines is 2. The molecule has 0 bridgehead atoms. The fourth-order valence-electron chi connectivity index (χ4n) is 4.01. The lowest BCUT2D eigenvalue weighted by atomic mass is 10.00. The van der Waals surface area contributed by atoms with E-state index in [2.05, 4.69) is 31.8 Å². The molecule has 0 aliphatic heterocycles. The summed E-state index contributed by atoms with van der Waals surface area (Å²) in [7, 11) is 3.58. The van der Waals surface area contributed by atoms with Crippen molar-refractivity contribution in [1.29, 1.82) is 5.26 Å². The summed E-state index contributed by atoms with van der Waals surface area (Å²) in [6, 6.07) is 9.74. The van der Waals surface area contributed by atoms with Gasteiger partial charge < -0.3 is 15.2 Å². The summed E-state index contributed by atoms with van der Waals surface area (Å²) in [4.78, 5) is 22.2. The van der Waals surface area contributed by atoms with Crippen LogP contribution < -0.4 is 16.2 Å². The van der Waals surface area contributed by atoms with E-state index in [-0.39, 0.29) is 11.6 Å². The fourth-order valence-corrected chi connectivity index (χ4v) is 4.01. The summed E-state index contributed by atoms with van der Waals surface area (Å²) < 4.78 is 3.54. The maximum Gasteiger partial charge on any atom is 0.259 e. The summed E-state index contributed by atoms with van der Waals surface area (Å²) in [5.41, 5.74) is 2.89. The molecule has 9 nitrogen and oxygen atoms in total. The van der Waals surface area contributed by atoms with Gasteiger partial charge in [0.05, 0.1) is 23.8 Å². The topological polar surface area (TPSA) is 113 Å². The predicted molar refractivity (Wildman–Crippen MR) is 129 cm³/mol. The largest absolute Gasteiger partial charge is 0.361 e. The van der Waals surface area contributed by atoms with E-state index in [1.165, 1.54) is 6.20 Å². The molecule has 0 fully saturated rings. The van der Waals surface area contributed by atoms with Crippen molar-refractivity contribution in [3.63, 3.8) is 0 Å². The normalized spacial score (nSPS) is 11.8. The van der Waals surface area contributed by atoms with E-state index in [0.29, 0.717) is 29.3 Å². The molecule has 0 aliphatic rings. The number of aryl methyl sites for hydroxylation is 1. The highest BCUT2D eigenvalue weighted by Crippen LogP contribution is 2.29. The molecule has 168 valence electrons. The molecule has 33 heavy (non-hydrogen) atoms. The number of hydrogen-bond donors (Lipinski definition) is 2. The summed E-state index contributed by atoms with van der Waals surface area (Å²) in [5, 5.41) is 21.5. The highest BCUT2D eigenvalue weighted by Gasteiger charge is 2.19. The lowest BCUT2D eigenvalue weighted by Crippen LogP contribution is -2.27. The van der Waals surface area contributed by atoms with E-state index in [9.17, 15) is 10.1 Å². The average molecular weight is 443 g/mol. The second kappa shape index (κ2) is 9.12. The molecule has 0 spiro atoms. The van der Waals surface area contributed by atoms with Gasteiger partial charge in [-0.15, -0.1) is 0 Å². The van der Waals surface area contributed by atoms with Crippen molar-refractivity contribution in [3.8, 4) is 17.2 Å². The predicted octanol–water partition coefficient (Wildman–Crippen LogP) is 3.69. The van der Waals surface area contributed by atoms with Crippen molar-refractivity contribution < 1.29 is 0 Å². The van der Waals surface area contributed by atoms with E-state index in [0.717, 1.165) is 28.6 Å². The second-order valence-corrected chi connectivity index (χ2v) is 7.88. The number of rotatable bonds is 7. The van der Waals surface area contributed by atoms with Crippen molar-refractivity contribution >= 4 is 22.5 Å². The number of nitrogens with zero attached hydrogens (tertiary/aromatic N) is 6. The van der Waals surface area contributed by atoms with Crippen LogP contribution in [-0.2, 0) is 13.6 Å². The van der Waals surface area contributed by atoms with Gasteiger partial charge in [-0.3, -0.25) is 9.48 Å². The Balaban J connectivity index is 1.86. The minimum atomic E-state index is -0.276. The van der Waals surface area contributed by atoms with Gasteiger partial charge in [0.25, 0.3) is 5.56 Å². The van der Waals surface area contributed by atoms with Crippen LogP contribution in [0.5, 0.6) is 0 Å². The van der Waals surface area contributed by atoms with Gasteiger partial charge in [-0.1, -0.05) is 25.1 Å². The van der Waals surface area contributed by atoms with E-state index >= 15 is 0 Å². The molecule has 3 aromatic heterocycles. The van der Waals surface area contributed by atoms with Crippen LogP contribution in [0.15, 0.2) is 47.7 Å². The number of pyridine rings is 1. The summed E-state index contributed by atoms with van der Waals surface area (Å²) in [5.74, 6) is 0.832. The molecule has 2 N–H and O–H groups in total. The number of benzene rings is 1. The van der Waals surface area contributed by atoms with Gasteiger partial charge in [-0.05, 0) is 30.4 Å². The highest BCUT2D eigenvalue weighted by molar-refractivity contribution is 5.96. The number of fused-ring (bicyclic) bond motifs is 1. The molecule has 9 heteroatoms. The van der Waals surface area contributed by atoms with Crippen LogP contribution in [0.1, 0.15) is 37.6 Å². The van der Waals surface area contributed by atoms with Crippen molar-refractivity contribution in [2.75, 3.05) is 17.7 Å². The van der Waals surface area contributed by atoms with Crippen LogP contribution in [0, 0.1) is 11.3 Å². The van der Waals surface area contributed by atoms with E-state index in [1.807, 2.05) is 55.9 Å². The molecule has 4 rings (SSSR count). The third-order valence-corrected chi connectivity index (χ3v) is 5.56. The first-order valence-electron chi connectivity index (χ1n) is 10.8. The van der Waals surface area contributed by atoms with Crippen LogP contribution in [0.25, 0.3) is 21.9 Å². The first kappa shape index (κ1) is 22.0. The fraction of sp³-hybridized carbons (Fsp3) is 0.292. The molecule has 0 radical (unpaired) electrons. The van der Waals surface area contributed by atoms with E-state index in [1.54, 1.807) is 17.9 Å². The Morgan fingerprint density at radius 2 is 2.09 bits per heavy atom. The first-order chi connectivity index (χ1) is 16.0. The van der Waals surface area contributed by atoms with Crippen LogP contribution in [0.2, 0.25) is 0 Å². The molecule has 0 aliphatic carbocycles. The van der Waals surface area contributed by atoms with Gasteiger partial charge in [0.2, 0.25) is 5.95 Å². The van der Waals surface area contributed by atoms with Crippen LogP contribution >= 0.6 is 0 Å². The lowest BCUT2D eigenvalue weighted by Gasteiger charge is -2.22. The molecule has 1 aromatic carbocycles. The third-order valence-electron chi connectivity index (χ3n) is 5.56. The summed E-state index contributed by atoms with van der Waals surface area (Å²) >= 11 is 0. The van der Waals surface area contributed by atoms with Crippen LogP contribution in [0.3, 0.4) is 0 Å². The van der Waals surface area contributed by atoms with Gasteiger partial charge in [-0.2, -0.15) is 15.3 Å². The summed E-state index contributed by atoms with van der Waals surface area (Å²) in [6.07, 6.45) is 5.97.